The first-order valence-corrected chi connectivity index (χ1v) is 8.67. The molecule has 1 unspecified atom stereocenters. The lowest BCUT2D eigenvalue weighted by Gasteiger charge is -2.30. The first kappa shape index (κ1) is 17.7. The molecule has 0 aromatic carbocycles. The fraction of sp³-hybridized carbons (Fsp3) is 0.588. The second-order valence-electron chi connectivity index (χ2n) is 6.21. The maximum Gasteiger partial charge on any atom is 0.269 e. The third-order valence-corrected chi connectivity index (χ3v) is 4.81. The van der Waals surface area contributed by atoms with E-state index in [0.29, 0.717) is 23.0 Å². The quantitative estimate of drug-likeness (QED) is 0.683. The molecular formula is C17H25ClN4O. The van der Waals surface area contributed by atoms with Crippen LogP contribution in [0.2, 0.25) is 0 Å². The summed E-state index contributed by atoms with van der Waals surface area (Å²) in [4.78, 5) is 19.6. The van der Waals surface area contributed by atoms with E-state index in [2.05, 4.69) is 22.2 Å². The average molecular weight is 337 g/mol. The molecule has 0 saturated heterocycles. The van der Waals surface area contributed by atoms with Crippen molar-refractivity contribution in [1.29, 1.82) is 5.41 Å². The largest absolute Gasteiger partial charge is 0.348 e. The molecule has 2 rings (SSSR count). The van der Waals surface area contributed by atoms with Crippen LogP contribution in [-0.2, 0) is 0 Å². The van der Waals surface area contributed by atoms with Crippen LogP contribution in [0.3, 0.4) is 0 Å². The number of carbonyl (C=O) groups is 1. The van der Waals surface area contributed by atoms with Crippen molar-refractivity contribution >= 4 is 28.8 Å². The van der Waals surface area contributed by atoms with Crippen molar-refractivity contribution < 1.29 is 4.79 Å². The third-order valence-electron chi connectivity index (χ3n) is 4.51. The van der Waals surface area contributed by atoms with Crippen LogP contribution in [0.5, 0.6) is 0 Å². The molecule has 126 valence electrons. The molecule has 1 saturated carbocycles. The van der Waals surface area contributed by atoms with Crippen LogP contribution in [0.4, 0.5) is 0 Å². The van der Waals surface area contributed by atoms with E-state index in [1.807, 2.05) is 0 Å². The van der Waals surface area contributed by atoms with Crippen molar-refractivity contribution in [2.75, 3.05) is 0 Å². The standard InChI is InChI=1S/C17H25ClN4O/c1-3-13(12-7-5-4-6-8-12)22-17(23)14-10-20-15(21-14)9-11(2)16(18)19/h9-10,12-13,19H,3-8H2,1-2H3,(H,20,21)(H,22,23)/b11-9-,19-16?. The molecule has 6 heteroatoms. The molecule has 1 aliphatic rings. The molecule has 1 aromatic rings. The minimum absolute atomic E-state index is 0.0317. The molecule has 0 radical (unpaired) electrons. The number of halogens is 1. The molecule has 1 fully saturated rings. The van der Waals surface area contributed by atoms with Crippen molar-refractivity contribution in [3.63, 3.8) is 0 Å². The number of H-pyrrole nitrogens is 1. The SMILES string of the molecule is CCC(NC(=O)c1cnc(/C=C(/C)C(=N)Cl)[nH]1)C1CCCCC1. The van der Waals surface area contributed by atoms with Gasteiger partial charge in [-0.25, -0.2) is 4.98 Å². The molecule has 0 aliphatic heterocycles. The maximum atomic E-state index is 12.4. The van der Waals surface area contributed by atoms with Gasteiger partial charge in [0, 0.05) is 6.04 Å². The molecule has 0 bridgehead atoms. The van der Waals surface area contributed by atoms with Crippen LogP contribution >= 0.6 is 11.6 Å². The summed E-state index contributed by atoms with van der Waals surface area (Å²) >= 11 is 5.62. The van der Waals surface area contributed by atoms with Crippen LogP contribution in [0.25, 0.3) is 6.08 Å². The van der Waals surface area contributed by atoms with Gasteiger partial charge in [-0.1, -0.05) is 37.8 Å². The van der Waals surface area contributed by atoms with Gasteiger partial charge in [-0.15, -0.1) is 0 Å². The Morgan fingerprint density at radius 2 is 2.22 bits per heavy atom. The lowest BCUT2D eigenvalue weighted by molar-refractivity contribution is 0.0906. The van der Waals surface area contributed by atoms with Gasteiger partial charge in [0.2, 0.25) is 0 Å². The van der Waals surface area contributed by atoms with Crippen molar-refractivity contribution in [3.8, 4) is 0 Å². The predicted octanol–water partition coefficient (Wildman–Crippen LogP) is 4.12. The number of carbonyl (C=O) groups excluding carboxylic acids is 1. The number of amides is 1. The zero-order chi connectivity index (χ0) is 16.8. The number of aromatic amines is 1. The van der Waals surface area contributed by atoms with E-state index >= 15 is 0 Å². The van der Waals surface area contributed by atoms with Crippen LogP contribution in [-0.4, -0.2) is 27.1 Å². The summed E-state index contributed by atoms with van der Waals surface area (Å²) in [5, 5.41) is 10.5. The Bertz CT molecular complexity index is 587. The molecule has 3 N–H and O–H groups in total. The second kappa shape index (κ2) is 8.29. The highest BCUT2D eigenvalue weighted by molar-refractivity contribution is 6.69. The third kappa shape index (κ3) is 4.93. The predicted molar refractivity (Wildman–Crippen MR) is 93.9 cm³/mol. The van der Waals surface area contributed by atoms with Gasteiger partial charge in [0.1, 0.15) is 16.7 Å². The van der Waals surface area contributed by atoms with Gasteiger partial charge in [-0.05, 0) is 43.8 Å². The molecule has 1 heterocycles. The Morgan fingerprint density at radius 3 is 2.83 bits per heavy atom. The van der Waals surface area contributed by atoms with E-state index in [9.17, 15) is 4.79 Å². The van der Waals surface area contributed by atoms with Crippen LogP contribution in [0.1, 0.15) is 68.7 Å². The molecule has 1 atom stereocenters. The molecule has 5 nitrogen and oxygen atoms in total. The summed E-state index contributed by atoms with van der Waals surface area (Å²) in [5.41, 5.74) is 1.04. The number of nitrogens with zero attached hydrogens (tertiary/aromatic N) is 1. The first-order valence-electron chi connectivity index (χ1n) is 8.29. The Balaban J connectivity index is 2.01. The summed E-state index contributed by atoms with van der Waals surface area (Å²) in [6, 6.07) is 0.225. The summed E-state index contributed by atoms with van der Waals surface area (Å²) in [6.07, 6.45) is 10.4. The minimum atomic E-state index is -0.117. The van der Waals surface area contributed by atoms with Crippen LogP contribution in [0, 0.1) is 11.3 Å². The molecule has 1 aromatic heterocycles. The highest BCUT2D eigenvalue weighted by atomic mass is 35.5. The maximum absolute atomic E-state index is 12.4. The lowest BCUT2D eigenvalue weighted by atomic mass is 9.83. The minimum Gasteiger partial charge on any atom is -0.348 e. The lowest BCUT2D eigenvalue weighted by Crippen LogP contribution is -2.40. The fourth-order valence-corrected chi connectivity index (χ4v) is 3.18. The van der Waals surface area contributed by atoms with Crippen molar-refractivity contribution in [3.05, 3.63) is 23.3 Å². The Kier molecular flexibility index (Phi) is 6.39. The normalized spacial score (nSPS) is 17.8. The Labute approximate surface area is 142 Å². The smallest absolute Gasteiger partial charge is 0.269 e. The van der Waals surface area contributed by atoms with Crippen LogP contribution in [0.15, 0.2) is 11.8 Å². The highest BCUT2D eigenvalue weighted by Crippen LogP contribution is 2.27. The monoisotopic (exact) mass is 336 g/mol. The number of hydrogen-bond donors (Lipinski definition) is 3. The molecular weight excluding hydrogens is 312 g/mol. The van der Waals surface area contributed by atoms with Gasteiger partial charge < -0.3 is 10.3 Å². The zero-order valence-corrected chi connectivity index (χ0v) is 14.5. The number of nitrogens with one attached hydrogen (secondary N) is 3. The van der Waals surface area contributed by atoms with Gasteiger partial charge in [-0.2, -0.15) is 0 Å². The van der Waals surface area contributed by atoms with E-state index in [0.717, 1.165) is 6.42 Å². The Hall–Kier alpha value is -1.62. The van der Waals surface area contributed by atoms with E-state index < -0.39 is 0 Å². The molecule has 23 heavy (non-hydrogen) atoms. The molecule has 1 aliphatic carbocycles. The topological polar surface area (TPSA) is 81.6 Å². The first-order chi connectivity index (χ1) is 11.0. The highest BCUT2D eigenvalue weighted by Gasteiger charge is 2.24. The number of imidazole rings is 1. The average Bonchev–Trinajstić information content (AvgIpc) is 3.01. The van der Waals surface area contributed by atoms with Crippen molar-refractivity contribution in [2.45, 2.75) is 58.4 Å². The number of aromatic nitrogens is 2. The Morgan fingerprint density at radius 1 is 1.52 bits per heavy atom. The molecule has 1 amide bonds. The fourth-order valence-electron chi connectivity index (χ4n) is 3.13. The van der Waals surface area contributed by atoms with E-state index in [1.165, 1.54) is 38.3 Å². The van der Waals surface area contributed by atoms with Gasteiger partial charge in [-0.3, -0.25) is 10.2 Å². The molecule has 0 spiro atoms. The van der Waals surface area contributed by atoms with Crippen LogP contribution < -0.4 is 5.32 Å². The van der Waals surface area contributed by atoms with Gasteiger partial charge in [0.05, 0.1) is 6.20 Å². The van der Waals surface area contributed by atoms with E-state index in [1.54, 1.807) is 13.0 Å². The summed E-state index contributed by atoms with van der Waals surface area (Å²) < 4.78 is 0. The van der Waals surface area contributed by atoms with E-state index in [-0.39, 0.29) is 17.1 Å². The van der Waals surface area contributed by atoms with E-state index in [4.69, 9.17) is 17.0 Å². The number of allylic oxidation sites excluding steroid dienone is 1. The van der Waals surface area contributed by atoms with Gasteiger partial charge in [0.15, 0.2) is 0 Å². The van der Waals surface area contributed by atoms with Crippen molar-refractivity contribution in [2.24, 2.45) is 5.92 Å². The number of rotatable bonds is 6. The number of hydrogen-bond acceptors (Lipinski definition) is 3. The second-order valence-corrected chi connectivity index (χ2v) is 6.59. The summed E-state index contributed by atoms with van der Waals surface area (Å²) in [6.45, 7) is 3.85. The summed E-state index contributed by atoms with van der Waals surface area (Å²) in [7, 11) is 0. The van der Waals surface area contributed by atoms with Gasteiger partial charge >= 0.3 is 0 Å². The van der Waals surface area contributed by atoms with Gasteiger partial charge in [0.25, 0.3) is 5.91 Å². The zero-order valence-electron chi connectivity index (χ0n) is 13.8. The van der Waals surface area contributed by atoms with Crippen molar-refractivity contribution in [1.82, 2.24) is 15.3 Å². The summed E-state index contributed by atoms with van der Waals surface area (Å²) in [5.74, 6) is 0.996.